The molecular formula is C31H34N2O7. The molecule has 0 bridgehead atoms. The number of hydrogen-bond acceptors (Lipinski definition) is 8. The molecule has 1 unspecified atom stereocenters. The Morgan fingerprint density at radius 2 is 1.55 bits per heavy atom. The zero-order valence-corrected chi connectivity index (χ0v) is 23.8. The lowest BCUT2D eigenvalue weighted by Crippen LogP contribution is -2.29. The highest BCUT2D eigenvalue weighted by Gasteiger charge is 2.47. The molecule has 1 atom stereocenters. The first-order chi connectivity index (χ1) is 19.0. The van der Waals surface area contributed by atoms with Gasteiger partial charge in [-0.25, -0.2) is 0 Å². The molecule has 1 aliphatic heterocycles. The van der Waals surface area contributed by atoms with Crippen LogP contribution in [-0.4, -0.2) is 55.1 Å². The first-order valence-electron chi connectivity index (χ1n) is 12.7. The van der Waals surface area contributed by atoms with E-state index in [0.29, 0.717) is 39.8 Å². The van der Waals surface area contributed by atoms with E-state index in [-0.39, 0.29) is 23.3 Å². The minimum Gasteiger partial charge on any atom is -0.507 e. The molecule has 0 radical (unpaired) electrons. The van der Waals surface area contributed by atoms with E-state index >= 15 is 0 Å². The third-order valence-electron chi connectivity index (χ3n) is 6.92. The maximum Gasteiger partial charge on any atom is 0.296 e. The molecule has 2 heterocycles. The number of nitrogens with zero attached hydrogens (tertiary/aromatic N) is 2. The summed E-state index contributed by atoms with van der Waals surface area (Å²) in [4.78, 5) is 32.9. The largest absolute Gasteiger partial charge is 0.507 e. The van der Waals surface area contributed by atoms with Crippen molar-refractivity contribution in [1.29, 1.82) is 0 Å². The molecule has 2 aromatic carbocycles. The number of aromatic nitrogens is 1. The standard InChI is InChI=1S/C31H34N2O7/c1-31(2,3)19-11-12-22(37-4)21(16-19)27(34)25-26(18-14-23(38-5)29(40-7)24(15-18)39-6)33(30(36)28(25)35)17-20-10-8-9-13-32-20/h8-16,26,34H,17H2,1-7H3/b27-25+. The van der Waals surface area contributed by atoms with E-state index in [1.165, 1.54) is 33.3 Å². The molecule has 1 N–H and O–H groups in total. The molecule has 4 rings (SSSR count). The molecule has 3 aromatic rings. The van der Waals surface area contributed by atoms with Crippen molar-refractivity contribution in [3.63, 3.8) is 0 Å². The second-order valence-corrected chi connectivity index (χ2v) is 10.4. The van der Waals surface area contributed by atoms with E-state index in [1.54, 1.807) is 48.7 Å². The Bertz CT molecular complexity index is 1430. The second-order valence-electron chi connectivity index (χ2n) is 10.4. The molecule has 9 nitrogen and oxygen atoms in total. The summed E-state index contributed by atoms with van der Waals surface area (Å²) in [7, 11) is 5.93. The zero-order valence-electron chi connectivity index (χ0n) is 23.8. The zero-order chi connectivity index (χ0) is 29.2. The van der Waals surface area contributed by atoms with Crippen LogP contribution in [0.25, 0.3) is 5.76 Å². The highest BCUT2D eigenvalue weighted by Crippen LogP contribution is 2.47. The number of rotatable bonds is 8. The summed E-state index contributed by atoms with van der Waals surface area (Å²) >= 11 is 0. The topological polar surface area (TPSA) is 107 Å². The minimum absolute atomic E-state index is 0.0304. The Balaban J connectivity index is 2.01. The number of methoxy groups -OCH3 is 4. The van der Waals surface area contributed by atoms with E-state index in [0.717, 1.165) is 5.56 Å². The molecule has 9 heteroatoms. The third-order valence-corrected chi connectivity index (χ3v) is 6.92. The van der Waals surface area contributed by atoms with Crippen LogP contribution in [0.15, 0.2) is 60.3 Å². The smallest absolute Gasteiger partial charge is 0.296 e. The second kappa shape index (κ2) is 11.3. The summed E-state index contributed by atoms with van der Waals surface area (Å²) in [5.74, 6) is -0.531. The van der Waals surface area contributed by atoms with Crippen LogP contribution in [-0.2, 0) is 21.5 Å². The van der Waals surface area contributed by atoms with Crippen molar-refractivity contribution in [2.24, 2.45) is 0 Å². The molecule has 0 saturated carbocycles. The van der Waals surface area contributed by atoms with E-state index in [2.05, 4.69) is 4.98 Å². The molecule has 1 fully saturated rings. The fourth-order valence-electron chi connectivity index (χ4n) is 4.82. The van der Waals surface area contributed by atoms with Gasteiger partial charge in [0.2, 0.25) is 5.75 Å². The Morgan fingerprint density at radius 1 is 0.900 bits per heavy atom. The maximum atomic E-state index is 13.7. The number of amides is 1. The summed E-state index contributed by atoms with van der Waals surface area (Å²) in [5, 5.41) is 11.8. The first-order valence-corrected chi connectivity index (χ1v) is 12.7. The van der Waals surface area contributed by atoms with E-state index in [1.807, 2.05) is 26.8 Å². The van der Waals surface area contributed by atoms with Gasteiger partial charge in [-0.15, -0.1) is 0 Å². The lowest BCUT2D eigenvalue weighted by molar-refractivity contribution is -0.140. The minimum atomic E-state index is -0.987. The Hall–Kier alpha value is -4.53. The maximum absolute atomic E-state index is 13.7. The van der Waals surface area contributed by atoms with Gasteiger partial charge in [0, 0.05) is 6.20 Å². The summed E-state index contributed by atoms with van der Waals surface area (Å²) in [6, 6.07) is 13.1. The van der Waals surface area contributed by atoms with Crippen molar-refractivity contribution in [3.8, 4) is 23.0 Å². The molecule has 1 aromatic heterocycles. The SMILES string of the molecule is COc1ccc(C(C)(C)C)cc1/C(O)=C1\C(=O)C(=O)N(Cc2ccccn2)C1c1cc(OC)c(OC)c(OC)c1. The lowest BCUT2D eigenvalue weighted by Gasteiger charge is -2.27. The number of Topliss-reactive ketones (excluding diaryl/α,β-unsaturated/α-hetero) is 1. The number of aliphatic hydroxyl groups is 1. The lowest BCUT2D eigenvalue weighted by atomic mass is 9.85. The predicted molar refractivity (Wildman–Crippen MR) is 150 cm³/mol. The quantitative estimate of drug-likeness (QED) is 0.238. The Morgan fingerprint density at radius 3 is 2.08 bits per heavy atom. The normalized spacial score (nSPS) is 16.7. The van der Waals surface area contributed by atoms with Crippen LogP contribution in [0.1, 0.15) is 49.2 Å². The van der Waals surface area contributed by atoms with Gasteiger partial charge in [-0.3, -0.25) is 14.6 Å². The van der Waals surface area contributed by atoms with Gasteiger partial charge in [-0.2, -0.15) is 0 Å². The average molecular weight is 547 g/mol. The molecule has 40 heavy (non-hydrogen) atoms. The number of pyridine rings is 1. The Kier molecular flexibility index (Phi) is 8.04. The first kappa shape index (κ1) is 28.5. The van der Waals surface area contributed by atoms with Gasteiger partial charge in [0.15, 0.2) is 11.5 Å². The van der Waals surface area contributed by atoms with Gasteiger partial charge in [-0.1, -0.05) is 32.9 Å². The summed E-state index contributed by atoms with van der Waals surface area (Å²) in [5.41, 5.74) is 1.96. The van der Waals surface area contributed by atoms with Crippen molar-refractivity contribution < 1.29 is 33.6 Å². The highest BCUT2D eigenvalue weighted by atomic mass is 16.5. The number of carbonyl (C=O) groups excluding carboxylic acids is 2. The number of ketones is 1. The van der Waals surface area contributed by atoms with Gasteiger partial charge in [0.05, 0.1) is 57.9 Å². The van der Waals surface area contributed by atoms with Gasteiger partial charge in [0.1, 0.15) is 11.5 Å². The fraction of sp³-hybridized carbons (Fsp3) is 0.323. The van der Waals surface area contributed by atoms with Crippen molar-refractivity contribution in [2.75, 3.05) is 28.4 Å². The van der Waals surface area contributed by atoms with Crippen molar-refractivity contribution in [2.45, 2.75) is 38.8 Å². The molecular weight excluding hydrogens is 512 g/mol. The summed E-state index contributed by atoms with van der Waals surface area (Å²) in [6.45, 7) is 6.16. The molecule has 1 saturated heterocycles. The van der Waals surface area contributed by atoms with Gasteiger partial charge < -0.3 is 29.0 Å². The molecule has 0 aliphatic carbocycles. The highest BCUT2D eigenvalue weighted by molar-refractivity contribution is 6.46. The van der Waals surface area contributed by atoms with Gasteiger partial charge in [-0.05, 0) is 52.9 Å². The van der Waals surface area contributed by atoms with Crippen LogP contribution in [0.2, 0.25) is 0 Å². The molecule has 1 amide bonds. The van der Waals surface area contributed by atoms with Crippen LogP contribution in [0.3, 0.4) is 0 Å². The van der Waals surface area contributed by atoms with Crippen molar-refractivity contribution >= 4 is 17.4 Å². The van der Waals surface area contributed by atoms with Gasteiger partial charge in [0.25, 0.3) is 11.7 Å². The number of ether oxygens (including phenoxy) is 4. The average Bonchev–Trinajstić information content (AvgIpc) is 3.20. The molecule has 1 aliphatic rings. The van der Waals surface area contributed by atoms with E-state index < -0.39 is 17.7 Å². The van der Waals surface area contributed by atoms with Crippen molar-refractivity contribution in [1.82, 2.24) is 9.88 Å². The van der Waals surface area contributed by atoms with Crippen molar-refractivity contribution in [3.05, 3.63) is 82.7 Å². The van der Waals surface area contributed by atoms with Crippen LogP contribution in [0, 0.1) is 0 Å². The van der Waals surface area contributed by atoms with Crippen LogP contribution in [0.5, 0.6) is 23.0 Å². The summed E-state index contributed by atoms with van der Waals surface area (Å²) in [6.07, 6.45) is 1.61. The Labute approximate surface area is 234 Å². The van der Waals surface area contributed by atoms with Crippen LogP contribution < -0.4 is 18.9 Å². The number of carbonyl (C=O) groups is 2. The fourth-order valence-corrected chi connectivity index (χ4v) is 4.82. The predicted octanol–water partition coefficient (Wildman–Crippen LogP) is 5.04. The van der Waals surface area contributed by atoms with E-state index in [4.69, 9.17) is 18.9 Å². The number of benzene rings is 2. The number of aliphatic hydroxyl groups excluding tert-OH is 1. The summed E-state index contributed by atoms with van der Waals surface area (Å²) < 4.78 is 22.1. The van der Waals surface area contributed by atoms with Crippen LogP contribution in [0.4, 0.5) is 0 Å². The molecule has 210 valence electrons. The number of hydrogen-bond donors (Lipinski definition) is 1. The van der Waals surface area contributed by atoms with Crippen LogP contribution >= 0.6 is 0 Å². The monoisotopic (exact) mass is 546 g/mol. The molecule has 0 spiro atoms. The third kappa shape index (κ3) is 5.19. The number of likely N-dealkylation sites (tertiary alicyclic amines) is 1. The van der Waals surface area contributed by atoms with Gasteiger partial charge >= 0.3 is 0 Å². The van der Waals surface area contributed by atoms with E-state index in [9.17, 15) is 14.7 Å².